The van der Waals surface area contributed by atoms with E-state index in [1.165, 1.54) is 0 Å². The minimum atomic E-state index is 0.378. The molecule has 21 heavy (non-hydrogen) atoms. The first-order chi connectivity index (χ1) is 9.97. The number of nitrogens with zero attached hydrogens (tertiary/aromatic N) is 1. The van der Waals surface area contributed by atoms with E-state index in [-0.39, 0.29) is 0 Å². The van der Waals surface area contributed by atoms with Crippen LogP contribution in [-0.2, 0) is 6.54 Å². The highest BCUT2D eigenvalue weighted by atomic mass is 79.9. The molecular formula is C15H15BrCl2N2O. The third-order valence-electron chi connectivity index (χ3n) is 2.73. The van der Waals surface area contributed by atoms with Gasteiger partial charge in [0, 0.05) is 34.9 Å². The van der Waals surface area contributed by atoms with Crippen molar-refractivity contribution in [1.82, 2.24) is 10.3 Å². The summed E-state index contributed by atoms with van der Waals surface area (Å²) in [6.45, 7) is 4.84. The fourth-order valence-corrected chi connectivity index (χ4v) is 2.48. The molecule has 0 aliphatic heterocycles. The largest absolute Gasteiger partial charge is 0.437 e. The maximum absolute atomic E-state index is 6.17. The van der Waals surface area contributed by atoms with Crippen LogP contribution in [0.5, 0.6) is 11.6 Å². The standard InChI is InChI=1S/C15H15BrCl2N2O/c1-9(2)20-8-10-4-3-5-19-15(10)21-14-7-12(17)11(16)6-13(14)18/h3-7,9,20H,8H2,1-2H3. The number of hydrogen-bond acceptors (Lipinski definition) is 3. The summed E-state index contributed by atoms with van der Waals surface area (Å²) < 4.78 is 6.55. The Morgan fingerprint density at radius 2 is 2.05 bits per heavy atom. The number of ether oxygens (including phenoxy) is 1. The number of rotatable bonds is 5. The Labute approximate surface area is 142 Å². The van der Waals surface area contributed by atoms with Gasteiger partial charge in [-0.25, -0.2) is 4.98 Å². The van der Waals surface area contributed by atoms with Gasteiger partial charge in [0.1, 0.15) is 5.75 Å². The third-order valence-corrected chi connectivity index (χ3v) is 4.22. The number of pyridine rings is 1. The van der Waals surface area contributed by atoms with Crippen LogP contribution in [0.3, 0.4) is 0 Å². The quantitative estimate of drug-likeness (QED) is 0.691. The molecule has 2 rings (SSSR count). The van der Waals surface area contributed by atoms with Gasteiger partial charge < -0.3 is 10.1 Å². The number of benzene rings is 1. The van der Waals surface area contributed by atoms with Crippen molar-refractivity contribution in [2.24, 2.45) is 0 Å². The molecule has 0 unspecified atom stereocenters. The molecule has 2 aromatic rings. The average Bonchev–Trinajstić information content (AvgIpc) is 2.43. The van der Waals surface area contributed by atoms with Gasteiger partial charge in [-0.1, -0.05) is 43.1 Å². The van der Waals surface area contributed by atoms with Crippen molar-refractivity contribution in [3.63, 3.8) is 0 Å². The van der Waals surface area contributed by atoms with E-state index in [1.807, 2.05) is 12.1 Å². The normalized spacial score (nSPS) is 11.0. The van der Waals surface area contributed by atoms with Crippen LogP contribution in [0, 0.1) is 0 Å². The second-order valence-electron chi connectivity index (χ2n) is 4.80. The fourth-order valence-electron chi connectivity index (χ4n) is 1.65. The zero-order valence-electron chi connectivity index (χ0n) is 11.7. The molecule has 0 radical (unpaired) electrons. The maximum Gasteiger partial charge on any atom is 0.223 e. The summed E-state index contributed by atoms with van der Waals surface area (Å²) in [6, 6.07) is 7.59. The lowest BCUT2D eigenvalue weighted by atomic mass is 10.2. The van der Waals surface area contributed by atoms with Gasteiger partial charge in [-0.2, -0.15) is 0 Å². The summed E-state index contributed by atoms with van der Waals surface area (Å²) in [6.07, 6.45) is 1.68. The fraction of sp³-hybridized carbons (Fsp3) is 0.267. The maximum atomic E-state index is 6.17. The lowest BCUT2D eigenvalue weighted by Crippen LogP contribution is -2.22. The summed E-state index contributed by atoms with van der Waals surface area (Å²) in [5.74, 6) is 1.00. The molecule has 112 valence electrons. The van der Waals surface area contributed by atoms with Crippen molar-refractivity contribution < 1.29 is 4.74 Å². The monoisotopic (exact) mass is 388 g/mol. The molecule has 6 heteroatoms. The Hall–Kier alpha value is -0.810. The van der Waals surface area contributed by atoms with Crippen LogP contribution < -0.4 is 10.1 Å². The Morgan fingerprint density at radius 1 is 1.29 bits per heavy atom. The summed E-state index contributed by atoms with van der Waals surface area (Å²) >= 11 is 15.6. The molecule has 1 N–H and O–H groups in total. The highest BCUT2D eigenvalue weighted by Crippen LogP contribution is 2.36. The summed E-state index contributed by atoms with van der Waals surface area (Å²) in [5.41, 5.74) is 0.960. The van der Waals surface area contributed by atoms with Crippen LogP contribution in [0.4, 0.5) is 0 Å². The van der Waals surface area contributed by atoms with E-state index in [1.54, 1.807) is 18.3 Å². The van der Waals surface area contributed by atoms with E-state index in [2.05, 4.69) is 40.1 Å². The van der Waals surface area contributed by atoms with E-state index < -0.39 is 0 Å². The molecular weight excluding hydrogens is 375 g/mol. The van der Waals surface area contributed by atoms with E-state index in [0.29, 0.717) is 34.3 Å². The first-order valence-electron chi connectivity index (χ1n) is 6.47. The van der Waals surface area contributed by atoms with Gasteiger partial charge in [0.15, 0.2) is 0 Å². The topological polar surface area (TPSA) is 34.2 Å². The Kier molecular flexibility index (Phi) is 5.88. The van der Waals surface area contributed by atoms with E-state index >= 15 is 0 Å². The second kappa shape index (κ2) is 7.45. The molecule has 0 bridgehead atoms. The molecule has 0 saturated heterocycles. The van der Waals surface area contributed by atoms with Crippen molar-refractivity contribution in [1.29, 1.82) is 0 Å². The third kappa shape index (κ3) is 4.58. The van der Waals surface area contributed by atoms with Crippen LogP contribution >= 0.6 is 39.1 Å². The van der Waals surface area contributed by atoms with Crippen molar-refractivity contribution in [2.75, 3.05) is 0 Å². The van der Waals surface area contributed by atoms with Gasteiger partial charge in [0.25, 0.3) is 0 Å². The smallest absolute Gasteiger partial charge is 0.223 e. The van der Waals surface area contributed by atoms with Gasteiger partial charge in [0.05, 0.1) is 10.0 Å². The summed E-state index contributed by atoms with van der Waals surface area (Å²) in [7, 11) is 0. The summed E-state index contributed by atoms with van der Waals surface area (Å²) in [5, 5.41) is 4.34. The van der Waals surface area contributed by atoms with Gasteiger partial charge in [-0.15, -0.1) is 0 Å². The van der Waals surface area contributed by atoms with Crippen LogP contribution in [0.2, 0.25) is 10.0 Å². The number of hydrogen-bond donors (Lipinski definition) is 1. The minimum Gasteiger partial charge on any atom is -0.437 e. The van der Waals surface area contributed by atoms with Gasteiger partial charge >= 0.3 is 0 Å². The summed E-state index contributed by atoms with van der Waals surface area (Å²) in [4.78, 5) is 4.27. The highest BCUT2D eigenvalue weighted by molar-refractivity contribution is 9.10. The van der Waals surface area contributed by atoms with E-state index in [0.717, 1.165) is 10.0 Å². The molecule has 1 aromatic carbocycles. The van der Waals surface area contributed by atoms with Crippen LogP contribution in [-0.4, -0.2) is 11.0 Å². The lowest BCUT2D eigenvalue weighted by Gasteiger charge is -2.13. The zero-order chi connectivity index (χ0) is 15.4. The van der Waals surface area contributed by atoms with Crippen molar-refractivity contribution in [2.45, 2.75) is 26.4 Å². The van der Waals surface area contributed by atoms with Gasteiger partial charge in [0.2, 0.25) is 5.88 Å². The molecule has 0 aliphatic carbocycles. The molecule has 1 aromatic heterocycles. The van der Waals surface area contributed by atoms with Crippen LogP contribution in [0.25, 0.3) is 0 Å². The molecule has 0 aliphatic rings. The molecule has 0 spiro atoms. The first kappa shape index (κ1) is 16.6. The Bertz CT molecular complexity index is 635. The molecule has 1 heterocycles. The Morgan fingerprint density at radius 3 is 2.76 bits per heavy atom. The predicted octanol–water partition coefficient (Wildman–Crippen LogP) is 5.44. The minimum absolute atomic E-state index is 0.378. The number of halogens is 3. The molecule has 3 nitrogen and oxygen atoms in total. The lowest BCUT2D eigenvalue weighted by molar-refractivity contribution is 0.450. The molecule has 0 saturated carbocycles. The number of nitrogens with one attached hydrogen (secondary N) is 1. The zero-order valence-corrected chi connectivity index (χ0v) is 14.8. The van der Waals surface area contributed by atoms with Gasteiger partial charge in [-0.05, 0) is 28.1 Å². The number of aromatic nitrogens is 1. The molecule has 0 amide bonds. The van der Waals surface area contributed by atoms with Crippen LogP contribution in [0.1, 0.15) is 19.4 Å². The molecule has 0 atom stereocenters. The SMILES string of the molecule is CC(C)NCc1cccnc1Oc1cc(Cl)c(Br)cc1Cl. The van der Waals surface area contributed by atoms with E-state index in [9.17, 15) is 0 Å². The average molecular weight is 390 g/mol. The van der Waals surface area contributed by atoms with Crippen molar-refractivity contribution >= 4 is 39.1 Å². The highest BCUT2D eigenvalue weighted by Gasteiger charge is 2.11. The van der Waals surface area contributed by atoms with E-state index in [4.69, 9.17) is 27.9 Å². The molecule has 0 fully saturated rings. The van der Waals surface area contributed by atoms with Crippen molar-refractivity contribution in [3.8, 4) is 11.6 Å². The second-order valence-corrected chi connectivity index (χ2v) is 6.47. The predicted molar refractivity (Wildman–Crippen MR) is 90.4 cm³/mol. The van der Waals surface area contributed by atoms with Crippen LogP contribution in [0.15, 0.2) is 34.9 Å². The van der Waals surface area contributed by atoms with Crippen molar-refractivity contribution in [3.05, 3.63) is 50.5 Å². The van der Waals surface area contributed by atoms with Gasteiger partial charge in [-0.3, -0.25) is 0 Å². The first-order valence-corrected chi connectivity index (χ1v) is 8.02. The Balaban J connectivity index is 2.25.